The van der Waals surface area contributed by atoms with Gasteiger partial charge in [-0.2, -0.15) is 0 Å². The van der Waals surface area contributed by atoms with Crippen LogP contribution in [0.4, 0.5) is 0 Å². The van der Waals surface area contributed by atoms with Crippen molar-refractivity contribution >= 4 is 33.4 Å². The van der Waals surface area contributed by atoms with Crippen LogP contribution < -0.4 is 0 Å². The molecular formula is C18H21IOSZn. The minimum atomic E-state index is -1.02. The van der Waals surface area contributed by atoms with Gasteiger partial charge in [-0.15, -0.1) is 0 Å². The van der Waals surface area contributed by atoms with Crippen molar-refractivity contribution < 1.29 is 23.7 Å². The van der Waals surface area contributed by atoms with E-state index in [1.807, 2.05) is 72.0 Å². The summed E-state index contributed by atoms with van der Waals surface area (Å²) >= 11 is 1.90. The van der Waals surface area contributed by atoms with Gasteiger partial charge in [0.2, 0.25) is 0 Å². The molecule has 0 N–H and O–H groups in total. The summed E-state index contributed by atoms with van der Waals surface area (Å²) in [7, 11) is -1.02. The Kier molecular flexibility index (Phi) is 12.3. The molecule has 0 heterocycles. The summed E-state index contributed by atoms with van der Waals surface area (Å²) in [6.07, 6.45) is 1.76. The molecule has 2 aromatic carbocycles. The van der Waals surface area contributed by atoms with Crippen molar-refractivity contribution in [2.75, 3.05) is 0 Å². The second kappa shape index (κ2) is 12.4. The van der Waals surface area contributed by atoms with Gasteiger partial charge in [0.25, 0.3) is 0 Å². The number of aryl methyl sites for hydroxylation is 2. The van der Waals surface area contributed by atoms with Gasteiger partial charge in [0, 0.05) is 15.7 Å². The zero-order chi connectivity index (χ0) is 15.7. The predicted molar refractivity (Wildman–Crippen MR) is 101 cm³/mol. The minimum Gasteiger partial charge on any atom is -0.328 e. The molecule has 0 aliphatic heterocycles. The first kappa shape index (κ1) is 21.9. The Balaban J connectivity index is 0.00000141. The van der Waals surface area contributed by atoms with Crippen LogP contribution in [-0.4, -0.2) is 9.46 Å². The van der Waals surface area contributed by atoms with Crippen LogP contribution in [0.25, 0.3) is 0 Å². The van der Waals surface area contributed by atoms with Crippen molar-refractivity contribution in [1.29, 1.82) is 0 Å². The van der Waals surface area contributed by atoms with Gasteiger partial charge in [-0.05, 0) is 31.0 Å². The fraction of sp³-hybridized carbons (Fsp3) is 0.222. The Labute approximate surface area is 163 Å². The fourth-order valence-electron chi connectivity index (χ4n) is 1.94. The van der Waals surface area contributed by atoms with Gasteiger partial charge in [0.1, 0.15) is 0 Å². The normalized spacial score (nSPS) is 12.4. The van der Waals surface area contributed by atoms with E-state index in [0.29, 0.717) is 0 Å². The Hall–Kier alpha value is -0.0566. The van der Waals surface area contributed by atoms with Gasteiger partial charge in [0.15, 0.2) is 0 Å². The molecule has 1 nitrogen and oxygen atoms in total. The predicted octanol–water partition coefficient (Wildman–Crippen LogP) is 5.15. The zero-order valence-electron chi connectivity index (χ0n) is 13.0. The maximum Gasteiger partial charge on any atom is 2.00 e. The monoisotopic (exact) mass is 476 g/mol. The fourth-order valence-corrected chi connectivity index (χ4v) is 3.07. The SMILES string of the molecule is [CH2-]C(CCc1ccccc1)S(=O)c1ccc(C)cc1.[CH2-]I.[Zn+2]. The second-order valence-electron chi connectivity index (χ2n) is 4.76. The first-order valence-electron chi connectivity index (χ1n) is 6.78. The Bertz CT molecular complexity index is 543. The average Bonchev–Trinajstić information content (AvgIpc) is 2.55. The molecule has 0 saturated heterocycles. The van der Waals surface area contributed by atoms with E-state index in [-0.39, 0.29) is 24.7 Å². The van der Waals surface area contributed by atoms with E-state index in [1.54, 1.807) is 0 Å². The number of halogens is 1. The van der Waals surface area contributed by atoms with E-state index in [4.69, 9.17) is 0 Å². The quantitative estimate of drug-likeness (QED) is 0.331. The van der Waals surface area contributed by atoms with E-state index in [0.717, 1.165) is 17.7 Å². The van der Waals surface area contributed by atoms with Crippen molar-refractivity contribution in [3.63, 3.8) is 0 Å². The number of rotatable bonds is 5. The van der Waals surface area contributed by atoms with Crippen molar-refractivity contribution in [3.05, 3.63) is 77.6 Å². The van der Waals surface area contributed by atoms with Gasteiger partial charge >= 0.3 is 19.5 Å². The molecule has 0 aliphatic rings. The Morgan fingerprint density at radius 1 is 1.05 bits per heavy atom. The number of hydrogen-bond donors (Lipinski definition) is 0. The van der Waals surface area contributed by atoms with Crippen molar-refractivity contribution in [2.45, 2.75) is 29.9 Å². The molecule has 0 bridgehead atoms. The molecule has 2 atom stereocenters. The third-order valence-electron chi connectivity index (χ3n) is 3.15. The molecule has 0 spiro atoms. The maximum absolute atomic E-state index is 12.3. The molecule has 0 aliphatic carbocycles. The van der Waals surface area contributed by atoms with Crippen LogP contribution in [0.5, 0.6) is 0 Å². The maximum atomic E-state index is 12.3. The summed E-state index contributed by atoms with van der Waals surface area (Å²) in [6.45, 7) is 6.08. The molecule has 0 amide bonds. The van der Waals surface area contributed by atoms with Crippen LogP contribution in [0.1, 0.15) is 17.5 Å². The van der Waals surface area contributed by atoms with Gasteiger partial charge in [0.05, 0.1) is 0 Å². The summed E-state index contributed by atoms with van der Waals surface area (Å²) in [5, 5.41) is -0.0667. The topological polar surface area (TPSA) is 17.1 Å². The molecule has 114 valence electrons. The van der Waals surface area contributed by atoms with E-state index < -0.39 is 10.8 Å². The smallest absolute Gasteiger partial charge is 0.328 e. The van der Waals surface area contributed by atoms with E-state index >= 15 is 0 Å². The standard InChI is InChI=1S/C17H19OS.CH2I.Zn/c1-14-8-12-17(13-9-14)19(18)15(2)10-11-16-6-4-3-5-7-16;1-2;/h3-9,12-13,15H,2,10-11H2,1H3;1H2;/q2*-1;+2. The van der Waals surface area contributed by atoms with Crippen LogP contribution in [0.3, 0.4) is 0 Å². The van der Waals surface area contributed by atoms with Gasteiger partial charge in [-0.3, -0.25) is 9.14 Å². The van der Waals surface area contributed by atoms with E-state index in [9.17, 15) is 4.21 Å². The van der Waals surface area contributed by atoms with E-state index in [1.165, 1.54) is 11.1 Å². The zero-order valence-corrected chi connectivity index (χ0v) is 18.9. The summed E-state index contributed by atoms with van der Waals surface area (Å²) in [6, 6.07) is 18.1. The van der Waals surface area contributed by atoms with Crippen molar-refractivity contribution in [1.82, 2.24) is 0 Å². The van der Waals surface area contributed by atoms with Crippen LogP contribution in [0.2, 0.25) is 0 Å². The molecular weight excluding hydrogens is 457 g/mol. The third kappa shape index (κ3) is 7.47. The molecule has 0 fully saturated rings. The van der Waals surface area contributed by atoms with E-state index in [2.05, 4.69) is 24.0 Å². The molecule has 0 saturated carbocycles. The summed E-state index contributed by atoms with van der Waals surface area (Å²) in [5.41, 5.74) is 2.46. The molecule has 2 rings (SSSR count). The largest absolute Gasteiger partial charge is 2.00 e. The molecule has 0 radical (unpaired) electrons. The average molecular weight is 478 g/mol. The molecule has 22 heavy (non-hydrogen) atoms. The van der Waals surface area contributed by atoms with Crippen molar-refractivity contribution in [3.8, 4) is 0 Å². The molecule has 2 aromatic rings. The van der Waals surface area contributed by atoms with Crippen molar-refractivity contribution in [2.24, 2.45) is 0 Å². The first-order chi connectivity index (χ1) is 10.2. The van der Waals surface area contributed by atoms with Crippen LogP contribution in [0.15, 0.2) is 59.5 Å². The molecule has 2 unspecified atom stereocenters. The summed E-state index contributed by atoms with van der Waals surface area (Å²) in [4.78, 5) is 4.09. The van der Waals surface area contributed by atoms with Gasteiger partial charge in [-0.25, -0.2) is 0 Å². The first-order valence-corrected chi connectivity index (χ1v) is 9.51. The third-order valence-corrected chi connectivity index (χ3v) is 4.73. The van der Waals surface area contributed by atoms with Crippen LogP contribution in [0, 0.1) is 18.8 Å². The Morgan fingerprint density at radius 2 is 1.59 bits per heavy atom. The van der Waals surface area contributed by atoms with Crippen LogP contribution in [-0.2, 0) is 36.7 Å². The number of hydrogen-bond acceptors (Lipinski definition) is 1. The summed E-state index contributed by atoms with van der Waals surface area (Å²) < 4.78 is 12.3. The minimum absolute atomic E-state index is 0. The molecule has 0 aromatic heterocycles. The number of benzene rings is 2. The molecule has 4 heteroatoms. The van der Waals surface area contributed by atoms with Crippen LogP contribution >= 0.6 is 22.6 Å². The Morgan fingerprint density at radius 3 is 2.14 bits per heavy atom. The second-order valence-corrected chi connectivity index (χ2v) is 6.49. The van der Waals surface area contributed by atoms with Gasteiger partial charge < -0.3 is 29.5 Å². The van der Waals surface area contributed by atoms with Gasteiger partial charge in [-0.1, -0.05) is 59.7 Å². The summed E-state index contributed by atoms with van der Waals surface area (Å²) in [5.74, 6) is 0.